The van der Waals surface area contributed by atoms with Gasteiger partial charge in [0.05, 0.1) is 17.9 Å². The molecule has 1 saturated heterocycles. The first-order chi connectivity index (χ1) is 9.33. The predicted molar refractivity (Wildman–Crippen MR) is 71.9 cm³/mol. The van der Waals surface area contributed by atoms with Crippen molar-refractivity contribution in [3.63, 3.8) is 0 Å². The third-order valence-corrected chi connectivity index (χ3v) is 4.16. The van der Waals surface area contributed by atoms with Gasteiger partial charge in [-0.15, -0.1) is 0 Å². The normalized spacial score (nSPS) is 21.7. The van der Waals surface area contributed by atoms with Crippen molar-refractivity contribution in [3.8, 4) is 0 Å². The maximum atomic E-state index is 12.0. The number of nitrogens with one attached hydrogen (secondary N) is 1. The second kappa shape index (κ2) is 5.74. The van der Waals surface area contributed by atoms with Crippen LogP contribution in [0.2, 0.25) is 0 Å². The molecule has 0 aromatic carbocycles. The van der Waals surface area contributed by atoms with Gasteiger partial charge in [0, 0.05) is 25.3 Å². The molecule has 0 bridgehead atoms. The van der Waals surface area contributed by atoms with Gasteiger partial charge in [0.15, 0.2) is 0 Å². The number of aromatic nitrogens is 2. The molecule has 1 saturated carbocycles. The van der Waals surface area contributed by atoms with Crippen molar-refractivity contribution < 1.29 is 9.53 Å². The van der Waals surface area contributed by atoms with Gasteiger partial charge in [0.2, 0.25) is 5.91 Å². The lowest BCUT2D eigenvalue weighted by atomic mass is 10.1. The molecule has 0 atom stereocenters. The maximum absolute atomic E-state index is 12.0. The van der Waals surface area contributed by atoms with E-state index in [1.54, 1.807) is 6.20 Å². The second-order valence-corrected chi connectivity index (χ2v) is 5.52. The van der Waals surface area contributed by atoms with Crippen LogP contribution in [0.5, 0.6) is 0 Å². The number of hydrogen-bond donors (Lipinski definition) is 1. The van der Waals surface area contributed by atoms with Gasteiger partial charge in [-0.2, -0.15) is 5.10 Å². The highest BCUT2D eigenvalue weighted by Crippen LogP contribution is 2.26. The van der Waals surface area contributed by atoms with E-state index in [9.17, 15) is 4.79 Å². The summed E-state index contributed by atoms with van der Waals surface area (Å²) in [5, 5.41) is 7.36. The molecule has 104 valence electrons. The molecule has 2 fully saturated rings. The molecule has 1 aromatic heterocycles. The Morgan fingerprint density at radius 3 is 2.74 bits per heavy atom. The van der Waals surface area contributed by atoms with E-state index in [0.29, 0.717) is 6.04 Å². The molecule has 1 N–H and O–H groups in total. The molecular formula is C14H21N3O2. The first kappa shape index (κ1) is 12.7. The van der Waals surface area contributed by atoms with Gasteiger partial charge in [0.1, 0.15) is 0 Å². The number of ether oxygens (including phenoxy) is 1. The van der Waals surface area contributed by atoms with Gasteiger partial charge in [-0.1, -0.05) is 12.8 Å². The van der Waals surface area contributed by atoms with Crippen molar-refractivity contribution in [2.75, 3.05) is 18.5 Å². The fraction of sp³-hybridized carbons (Fsp3) is 0.714. The van der Waals surface area contributed by atoms with Crippen molar-refractivity contribution in [2.45, 2.75) is 44.6 Å². The molecule has 1 aromatic rings. The highest BCUT2D eigenvalue weighted by Gasteiger charge is 2.23. The summed E-state index contributed by atoms with van der Waals surface area (Å²) in [7, 11) is 0. The van der Waals surface area contributed by atoms with Crippen molar-refractivity contribution >= 4 is 11.6 Å². The molecule has 1 amide bonds. The monoisotopic (exact) mass is 263 g/mol. The van der Waals surface area contributed by atoms with E-state index in [-0.39, 0.29) is 11.8 Å². The minimum atomic E-state index is 0.157. The standard InChI is InChI=1S/C14H21N3O2/c18-14(11-3-1-2-4-11)16-12-9-15-17(10-12)13-5-7-19-8-6-13/h9-11,13H,1-8H2,(H,16,18). The molecule has 1 aliphatic heterocycles. The molecule has 0 radical (unpaired) electrons. The Kier molecular flexibility index (Phi) is 3.82. The van der Waals surface area contributed by atoms with E-state index in [0.717, 1.165) is 44.6 Å². The summed E-state index contributed by atoms with van der Waals surface area (Å²) in [6, 6.07) is 0.408. The number of carbonyl (C=O) groups is 1. The van der Waals surface area contributed by atoms with Gasteiger partial charge < -0.3 is 10.1 Å². The topological polar surface area (TPSA) is 56.2 Å². The lowest BCUT2D eigenvalue weighted by Gasteiger charge is -2.22. The zero-order valence-electron chi connectivity index (χ0n) is 11.2. The predicted octanol–water partition coefficient (Wildman–Crippen LogP) is 2.36. The van der Waals surface area contributed by atoms with Gasteiger partial charge in [-0.3, -0.25) is 9.48 Å². The number of rotatable bonds is 3. The Hall–Kier alpha value is -1.36. The average molecular weight is 263 g/mol. The summed E-state index contributed by atoms with van der Waals surface area (Å²) >= 11 is 0. The Morgan fingerprint density at radius 2 is 2.00 bits per heavy atom. The van der Waals surface area contributed by atoms with Gasteiger partial charge in [0.25, 0.3) is 0 Å². The van der Waals surface area contributed by atoms with Gasteiger partial charge >= 0.3 is 0 Å². The largest absolute Gasteiger partial charge is 0.381 e. The van der Waals surface area contributed by atoms with E-state index in [1.807, 2.05) is 10.9 Å². The summed E-state index contributed by atoms with van der Waals surface area (Å²) in [6.45, 7) is 1.60. The Morgan fingerprint density at radius 1 is 1.26 bits per heavy atom. The van der Waals surface area contributed by atoms with Crippen LogP contribution in [0.15, 0.2) is 12.4 Å². The Labute approximate surface area is 113 Å². The van der Waals surface area contributed by atoms with Crippen molar-refractivity contribution in [1.82, 2.24) is 9.78 Å². The zero-order chi connectivity index (χ0) is 13.1. The molecule has 5 heteroatoms. The Bertz CT molecular complexity index is 432. The molecule has 3 rings (SSSR count). The summed E-state index contributed by atoms with van der Waals surface area (Å²) < 4.78 is 7.31. The van der Waals surface area contributed by atoms with Crippen molar-refractivity contribution in [1.29, 1.82) is 0 Å². The lowest BCUT2D eigenvalue weighted by molar-refractivity contribution is -0.119. The summed E-state index contributed by atoms with van der Waals surface area (Å²) in [6.07, 6.45) is 10.1. The van der Waals surface area contributed by atoms with Crippen LogP contribution in [0.4, 0.5) is 5.69 Å². The molecule has 1 aliphatic carbocycles. The second-order valence-electron chi connectivity index (χ2n) is 5.52. The Balaban J connectivity index is 1.59. The maximum Gasteiger partial charge on any atom is 0.227 e. The minimum absolute atomic E-state index is 0.157. The van der Waals surface area contributed by atoms with Crippen molar-refractivity contribution in [3.05, 3.63) is 12.4 Å². The fourth-order valence-electron chi connectivity index (χ4n) is 2.98. The van der Waals surface area contributed by atoms with Gasteiger partial charge in [-0.05, 0) is 25.7 Å². The first-order valence-electron chi connectivity index (χ1n) is 7.26. The summed E-state index contributed by atoms with van der Waals surface area (Å²) in [5.41, 5.74) is 0.823. The SMILES string of the molecule is O=C(Nc1cnn(C2CCOCC2)c1)C1CCCC1. The number of nitrogens with zero attached hydrogens (tertiary/aromatic N) is 2. The van der Waals surface area contributed by atoms with Crippen LogP contribution in [0.1, 0.15) is 44.6 Å². The minimum Gasteiger partial charge on any atom is -0.381 e. The first-order valence-corrected chi connectivity index (χ1v) is 7.26. The third kappa shape index (κ3) is 2.97. The lowest BCUT2D eigenvalue weighted by Crippen LogP contribution is -2.21. The molecule has 0 spiro atoms. The smallest absolute Gasteiger partial charge is 0.227 e. The highest BCUT2D eigenvalue weighted by molar-refractivity contribution is 5.92. The average Bonchev–Trinajstić information content (AvgIpc) is 3.11. The van der Waals surface area contributed by atoms with Crippen LogP contribution in [0, 0.1) is 5.92 Å². The summed E-state index contributed by atoms with van der Waals surface area (Å²) in [5.74, 6) is 0.357. The van der Waals surface area contributed by atoms with Crippen molar-refractivity contribution in [2.24, 2.45) is 5.92 Å². The number of carbonyl (C=O) groups excluding carboxylic acids is 1. The highest BCUT2D eigenvalue weighted by atomic mass is 16.5. The number of anilines is 1. The van der Waals surface area contributed by atoms with Crippen LogP contribution >= 0.6 is 0 Å². The summed E-state index contributed by atoms with van der Waals surface area (Å²) in [4.78, 5) is 12.0. The van der Waals surface area contributed by atoms with Crippen LogP contribution < -0.4 is 5.32 Å². The molecule has 19 heavy (non-hydrogen) atoms. The van der Waals surface area contributed by atoms with Crippen LogP contribution in [0.3, 0.4) is 0 Å². The number of amides is 1. The third-order valence-electron chi connectivity index (χ3n) is 4.16. The molecule has 5 nitrogen and oxygen atoms in total. The molecule has 0 unspecified atom stereocenters. The van der Waals surface area contributed by atoms with E-state index in [4.69, 9.17) is 4.74 Å². The van der Waals surface area contributed by atoms with Crippen LogP contribution in [0.25, 0.3) is 0 Å². The van der Waals surface area contributed by atoms with Gasteiger partial charge in [-0.25, -0.2) is 0 Å². The fourth-order valence-corrected chi connectivity index (χ4v) is 2.98. The zero-order valence-corrected chi connectivity index (χ0v) is 11.2. The van der Waals surface area contributed by atoms with Crippen LogP contribution in [-0.2, 0) is 9.53 Å². The molecular weight excluding hydrogens is 242 g/mol. The number of hydrogen-bond acceptors (Lipinski definition) is 3. The van der Waals surface area contributed by atoms with E-state index in [1.165, 1.54) is 12.8 Å². The van der Waals surface area contributed by atoms with E-state index < -0.39 is 0 Å². The van der Waals surface area contributed by atoms with E-state index in [2.05, 4.69) is 10.4 Å². The quantitative estimate of drug-likeness (QED) is 0.910. The molecule has 2 aliphatic rings. The van der Waals surface area contributed by atoms with E-state index >= 15 is 0 Å². The molecule has 2 heterocycles. The van der Waals surface area contributed by atoms with Crippen LogP contribution in [-0.4, -0.2) is 28.9 Å².